The smallest absolute Gasteiger partial charge is 0.0815 e. The molecule has 1 atom stereocenters. The van der Waals surface area contributed by atoms with Crippen molar-refractivity contribution in [3.8, 4) is 0 Å². The third-order valence-corrected chi connectivity index (χ3v) is 4.37. The Hall–Kier alpha value is -0.970. The molecule has 2 heterocycles. The molecule has 4 heteroatoms. The Morgan fingerprint density at radius 1 is 1.47 bits per heavy atom. The lowest BCUT2D eigenvalue weighted by atomic mass is 10.1. The van der Waals surface area contributed by atoms with Crippen LogP contribution >= 0.6 is 11.3 Å². The predicted octanol–water partition coefficient (Wildman–Crippen LogP) is 2.26. The SMILES string of the molecule is CN1CCCNCC1c1cccc2ncsc12. The van der Waals surface area contributed by atoms with Crippen molar-refractivity contribution < 1.29 is 0 Å². The molecule has 0 aliphatic carbocycles. The molecule has 1 saturated heterocycles. The van der Waals surface area contributed by atoms with Gasteiger partial charge in [-0.2, -0.15) is 0 Å². The van der Waals surface area contributed by atoms with Crippen LogP contribution in [0, 0.1) is 0 Å². The van der Waals surface area contributed by atoms with Gasteiger partial charge in [0.2, 0.25) is 0 Å². The number of likely N-dealkylation sites (N-methyl/N-ethyl adjacent to an activating group) is 1. The summed E-state index contributed by atoms with van der Waals surface area (Å²) in [6, 6.07) is 6.94. The molecule has 1 aliphatic rings. The van der Waals surface area contributed by atoms with Gasteiger partial charge in [-0.1, -0.05) is 12.1 Å². The van der Waals surface area contributed by atoms with Crippen molar-refractivity contribution in [2.75, 3.05) is 26.7 Å². The lowest BCUT2D eigenvalue weighted by molar-refractivity contribution is 0.263. The number of benzene rings is 1. The number of nitrogens with zero attached hydrogens (tertiary/aromatic N) is 2. The topological polar surface area (TPSA) is 28.2 Å². The summed E-state index contributed by atoms with van der Waals surface area (Å²) in [6.45, 7) is 3.32. The van der Waals surface area contributed by atoms with Gasteiger partial charge in [0.05, 0.1) is 15.7 Å². The zero-order valence-electron chi connectivity index (χ0n) is 10.0. The number of rotatable bonds is 1. The normalized spacial score (nSPS) is 22.8. The van der Waals surface area contributed by atoms with Crippen LogP contribution in [-0.2, 0) is 0 Å². The number of fused-ring (bicyclic) bond motifs is 1. The molecule has 0 spiro atoms. The van der Waals surface area contributed by atoms with Crippen LogP contribution < -0.4 is 5.32 Å². The molecule has 2 aromatic rings. The van der Waals surface area contributed by atoms with E-state index in [0.717, 1.165) is 25.2 Å². The van der Waals surface area contributed by atoms with Gasteiger partial charge < -0.3 is 5.32 Å². The van der Waals surface area contributed by atoms with Crippen LogP contribution in [0.15, 0.2) is 23.7 Å². The molecule has 0 radical (unpaired) electrons. The van der Waals surface area contributed by atoms with E-state index in [1.54, 1.807) is 11.3 Å². The van der Waals surface area contributed by atoms with Gasteiger partial charge in [-0.25, -0.2) is 4.98 Å². The van der Waals surface area contributed by atoms with Gasteiger partial charge in [0.1, 0.15) is 0 Å². The van der Waals surface area contributed by atoms with Crippen LogP contribution in [0.5, 0.6) is 0 Å². The quantitative estimate of drug-likeness (QED) is 0.838. The summed E-state index contributed by atoms with van der Waals surface area (Å²) in [5.41, 5.74) is 4.49. The summed E-state index contributed by atoms with van der Waals surface area (Å²) in [4.78, 5) is 6.86. The summed E-state index contributed by atoms with van der Waals surface area (Å²) in [5, 5.41) is 3.53. The van der Waals surface area contributed by atoms with E-state index in [-0.39, 0.29) is 0 Å². The maximum Gasteiger partial charge on any atom is 0.0815 e. The highest BCUT2D eigenvalue weighted by molar-refractivity contribution is 7.16. The van der Waals surface area contributed by atoms with Crippen LogP contribution in [0.4, 0.5) is 0 Å². The maximum atomic E-state index is 4.40. The lowest BCUT2D eigenvalue weighted by Gasteiger charge is -2.26. The largest absolute Gasteiger partial charge is 0.315 e. The Morgan fingerprint density at radius 2 is 2.41 bits per heavy atom. The highest BCUT2D eigenvalue weighted by Gasteiger charge is 2.21. The first-order valence-electron chi connectivity index (χ1n) is 6.09. The number of hydrogen-bond acceptors (Lipinski definition) is 4. The highest BCUT2D eigenvalue weighted by atomic mass is 32.1. The second-order valence-electron chi connectivity index (χ2n) is 4.60. The van der Waals surface area contributed by atoms with Gasteiger partial charge in [-0.05, 0) is 38.2 Å². The van der Waals surface area contributed by atoms with E-state index < -0.39 is 0 Å². The molecule has 3 nitrogen and oxygen atoms in total. The number of thiazole rings is 1. The number of aromatic nitrogens is 1. The van der Waals surface area contributed by atoms with Crippen molar-refractivity contribution >= 4 is 21.6 Å². The van der Waals surface area contributed by atoms with Crippen LogP contribution in [-0.4, -0.2) is 36.6 Å². The number of nitrogens with one attached hydrogen (secondary N) is 1. The molecule has 1 aromatic heterocycles. The Bertz CT molecular complexity index is 508. The van der Waals surface area contributed by atoms with E-state index in [1.165, 1.54) is 16.7 Å². The molecule has 1 aliphatic heterocycles. The van der Waals surface area contributed by atoms with Crippen molar-refractivity contribution in [1.82, 2.24) is 15.2 Å². The van der Waals surface area contributed by atoms with Crippen LogP contribution in [0.2, 0.25) is 0 Å². The summed E-state index contributed by atoms with van der Waals surface area (Å²) in [5.74, 6) is 0. The fourth-order valence-corrected chi connectivity index (χ4v) is 3.38. The fraction of sp³-hybridized carbons (Fsp3) is 0.462. The van der Waals surface area contributed by atoms with Gasteiger partial charge in [0.15, 0.2) is 0 Å². The standard InChI is InChI=1S/C13H17N3S/c1-16-7-3-6-14-8-12(16)10-4-2-5-11-13(10)17-9-15-11/h2,4-5,9,12,14H,3,6-8H2,1H3. The molecule has 1 fully saturated rings. The van der Waals surface area contributed by atoms with Crippen LogP contribution in [0.3, 0.4) is 0 Å². The zero-order valence-corrected chi connectivity index (χ0v) is 10.8. The second-order valence-corrected chi connectivity index (χ2v) is 5.46. The number of hydrogen-bond donors (Lipinski definition) is 1. The Balaban J connectivity index is 2.03. The summed E-state index contributed by atoms with van der Waals surface area (Å²) < 4.78 is 1.34. The Morgan fingerprint density at radius 3 is 3.35 bits per heavy atom. The first-order valence-corrected chi connectivity index (χ1v) is 6.97. The minimum atomic E-state index is 0.474. The fourth-order valence-electron chi connectivity index (χ4n) is 2.52. The minimum absolute atomic E-state index is 0.474. The van der Waals surface area contributed by atoms with Crippen molar-refractivity contribution in [3.05, 3.63) is 29.3 Å². The molecule has 0 saturated carbocycles. The van der Waals surface area contributed by atoms with Gasteiger partial charge >= 0.3 is 0 Å². The molecular formula is C13H17N3S. The Labute approximate surface area is 105 Å². The summed E-state index contributed by atoms with van der Waals surface area (Å²) >= 11 is 1.75. The molecule has 1 aromatic carbocycles. The molecule has 0 bridgehead atoms. The van der Waals surface area contributed by atoms with Crippen LogP contribution in [0.25, 0.3) is 10.2 Å². The van der Waals surface area contributed by atoms with Crippen molar-refractivity contribution in [1.29, 1.82) is 0 Å². The van der Waals surface area contributed by atoms with Gasteiger partial charge in [-0.15, -0.1) is 11.3 Å². The van der Waals surface area contributed by atoms with E-state index in [0.29, 0.717) is 6.04 Å². The van der Waals surface area contributed by atoms with E-state index in [1.807, 2.05) is 5.51 Å². The van der Waals surface area contributed by atoms with Crippen LogP contribution in [0.1, 0.15) is 18.0 Å². The van der Waals surface area contributed by atoms with E-state index in [4.69, 9.17) is 0 Å². The molecule has 1 N–H and O–H groups in total. The van der Waals surface area contributed by atoms with Gasteiger partial charge in [0, 0.05) is 12.6 Å². The van der Waals surface area contributed by atoms with E-state index in [9.17, 15) is 0 Å². The van der Waals surface area contributed by atoms with E-state index in [2.05, 4.69) is 40.4 Å². The monoisotopic (exact) mass is 247 g/mol. The summed E-state index contributed by atoms with van der Waals surface area (Å²) in [7, 11) is 2.22. The van der Waals surface area contributed by atoms with Crippen molar-refractivity contribution in [2.45, 2.75) is 12.5 Å². The highest BCUT2D eigenvalue weighted by Crippen LogP contribution is 2.30. The minimum Gasteiger partial charge on any atom is -0.315 e. The average molecular weight is 247 g/mol. The van der Waals surface area contributed by atoms with E-state index >= 15 is 0 Å². The molecular weight excluding hydrogens is 230 g/mol. The molecule has 0 amide bonds. The average Bonchev–Trinajstić information content (AvgIpc) is 2.72. The lowest BCUT2D eigenvalue weighted by Crippen LogP contribution is -2.29. The Kier molecular flexibility index (Phi) is 3.09. The maximum absolute atomic E-state index is 4.40. The third-order valence-electron chi connectivity index (χ3n) is 3.48. The predicted molar refractivity (Wildman–Crippen MR) is 72.5 cm³/mol. The molecule has 90 valence electrons. The molecule has 3 rings (SSSR count). The first kappa shape index (κ1) is 11.1. The zero-order chi connectivity index (χ0) is 11.7. The summed E-state index contributed by atoms with van der Waals surface area (Å²) in [6.07, 6.45) is 1.23. The van der Waals surface area contributed by atoms with Crippen molar-refractivity contribution in [2.24, 2.45) is 0 Å². The van der Waals surface area contributed by atoms with Gasteiger partial charge in [-0.3, -0.25) is 4.90 Å². The third kappa shape index (κ3) is 2.08. The molecule has 1 unspecified atom stereocenters. The van der Waals surface area contributed by atoms with Crippen molar-refractivity contribution in [3.63, 3.8) is 0 Å². The first-order chi connectivity index (χ1) is 8.36. The molecule has 17 heavy (non-hydrogen) atoms. The van der Waals surface area contributed by atoms with Gasteiger partial charge in [0.25, 0.3) is 0 Å². The second kappa shape index (κ2) is 4.72.